The topological polar surface area (TPSA) is 55.1 Å². The minimum absolute atomic E-state index is 0.0288. The number of rotatable bonds is 1. The molecule has 1 aromatic carbocycles. The molecule has 3 N–H and O–H groups in total. The first-order valence-electron chi connectivity index (χ1n) is 4.81. The second kappa shape index (κ2) is 3.42. The summed E-state index contributed by atoms with van der Waals surface area (Å²) in [5, 5.41) is 2.83. The molecule has 0 heterocycles. The molecular weight excluding hydrogens is 176 g/mol. The van der Waals surface area contributed by atoms with Crippen LogP contribution in [-0.2, 0) is 17.6 Å². The lowest BCUT2D eigenvalue weighted by Crippen LogP contribution is -2.19. The fourth-order valence-corrected chi connectivity index (χ4v) is 1.99. The van der Waals surface area contributed by atoms with Crippen LogP contribution in [0.3, 0.4) is 0 Å². The molecule has 1 unspecified atom stereocenters. The first-order valence-corrected chi connectivity index (χ1v) is 4.81. The zero-order chi connectivity index (χ0) is 10.1. The SMILES string of the molecule is CC(=O)Nc1cccc2c1CC(N)C2. The molecule has 3 heteroatoms. The first-order chi connectivity index (χ1) is 6.66. The number of anilines is 1. The minimum atomic E-state index is -0.0288. The summed E-state index contributed by atoms with van der Waals surface area (Å²) in [7, 11) is 0. The fraction of sp³-hybridized carbons (Fsp3) is 0.364. The lowest BCUT2D eigenvalue weighted by molar-refractivity contribution is -0.114. The molecule has 14 heavy (non-hydrogen) atoms. The highest BCUT2D eigenvalue weighted by molar-refractivity contribution is 5.89. The molecule has 1 aliphatic rings. The zero-order valence-corrected chi connectivity index (χ0v) is 8.21. The number of carbonyl (C=O) groups is 1. The molecule has 0 aliphatic heterocycles. The number of hydrogen-bond acceptors (Lipinski definition) is 2. The van der Waals surface area contributed by atoms with Gasteiger partial charge in [-0.25, -0.2) is 0 Å². The van der Waals surface area contributed by atoms with E-state index in [-0.39, 0.29) is 11.9 Å². The molecular formula is C11H14N2O. The predicted molar refractivity (Wildman–Crippen MR) is 56.1 cm³/mol. The van der Waals surface area contributed by atoms with E-state index in [1.165, 1.54) is 18.1 Å². The number of nitrogens with two attached hydrogens (primary N) is 1. The first kappa shape index (κ1) is 9.21. The number of benzene rings is 1. The van der Waals surface area contributed by atoms with Gasteiger partial charge in [0.2, 0.25) is 5.91 Å². The lowest BCUT2D eigenvalue weighted by Gasteiger charge is -2.07. The van der Waals surface area contributed by atoms with Crippen LogP contribution in [0, 0.1) is 0 Å². The van der Waals surface area contributed by atoms with Crippen LogP contribution >= 0.6 is 0 Å². The Morgan fingerprint density at radius 2 is 2.29 bits per heavy atom. The fourth-order valence-electron chi connectivity index (χ4n) is 1.99. The molecule has 0 saturated heterocycles. The summed E-state index contributed by atoms with van der Waals surface area (Å²) >= 11 is 0. The van der Waals surface area contributed by atoms with Crippen molar-refractivity contribution in [1.82, 2.24) is 0 Å². The summed E-state index contributed by atoms with van der Waals surface area (Å²) in [6, 6.07) is 6.17. The molecule has 2 rings (SSSR count). The van der Waals surface area contributed by atoms with Crippen molar-refractivity contribution in [3.63, 3.8) is 0 Å². The average Bonchev–Trinajstić information content (AvgIpc) is 2.45. The number of carbonyl (C=O) groups excluding carboxylic acids is 1. The second-order valence-corrected chi connectivity index (χ2v) is 3.79. The van der Waals surface area contributed by atoms with Gasteiger partial charge in [0.1, 0.15) is 0 Å². The third kappa shape index (κ3) is 1.63. The molecule has 1 atom stereocenters. The summed E-state index contributed by atoms with van der Waals surface area (Å²) in [5.74, 6) is -0.0288. The van der Waals surface area contributed by atoms with Crippen molar-refractivity contribution < 1.29 is 4.79 Å². The number of hydrogen-bond donors (Lipinski definition) is 2. The Balaban J connectivity index is 2.34. The normalized spacial score (nSPS) is 19.1. The number of fused-ring (bicyclic) bond motifs is 1. The third-order valence-corrected chi connectivity index (χ3v) is 2.53. The van der Waals surface area contributed by atoms with Crippen LogP contribution in [0.4, 0.5) is 5.69 Å². The molecule has 0 radical (unpaired) electrons. The minimum Gasteiger partial charge on any atom is -0.327 e. The van der Waals surface area contributed by atoms with Gasteiger partial charge < -0.3 is 11.1 Å². The molecule has 1 amide bonds. The van der Waals surface area contributed by atoms with Gasteiger partial charge in [-0.1, -0.05) is 12.1 Å². The quantitative estimate of drug-likeness (QED) is 0.696. The van der Waals surface area contributed by atoms with Gasteiger partial charge in [-0.05, 0) is 30.0 Å². The van der Waals surface area contributed by atoms with E-state index in [0.29, 0.717) is 0 Å². The van der Waals surface area contributed by atoms with Crippen LogP contribution < -0.4 is 11.1 Å². The summed E-state index contributed by atoms with van der Waals surface area (Å²) in [6.45, 7) is 1.52. The lowest BCUT2D eigenvalue weighted by atomic mass is 10.1. The molecule has 0 aromatic heterocycles. The Labute approximate surface area is 83.3 Å². The summed E-state index contributed by atoms with van der Waals surface area (Å²) in [5.41, 5.74) is 9.26. The van der Waals surface area contributed by atoms with Gasteiger partial charge in [0.15, 0.2) is 0 Å². The van der Waals surface area contributed by atoms with Crippen molar-refractivity contribution in [3.8, 4) is 0 Å². The van der Waals surface area contributed by atoms with E-state index in [0.717, 1.165) is 18.5 Å². The van der Waals surface area contributed by atoms with Crippen molar-refractivity contribution in [2.24, 2.45) is 5.73 Å². The van der Waals surface area contributed by atoms with Gasteiger partial charge >= 0.3 is 0 Å². The van der Waals surface area contributed by atoms with Crippen LogP contribution in [-0.4, -0.2) is 11.9 Å². The Hall–Kier alpha value is -1.35. The van der Waals surface area contributed by atoms with Gasteiger partial charge in [0, 0.05) is 18.7 Å². The van der Waals surface area contributed by atoms with E-state index in [4.69, 9.17) is 5.73 Å². The van der Waals surface area contributed by atoms with E-state index in [1.807, 2.05) is 12.1 Å². The molecule has 0 spiro atoms. The molecule has 3 nitrogen and oxygen atoms in total. The predicted octanol–water partition coefficient (Wildman–Crippen LogP) is 1.07. The van der Waals surface area contributed by atoms with E-state index in [2.05, 4.69) is 11.4 Å². The average molecular weight is 190 g/mol. The van der Waals surface area contributed by atoms with Gasteiger partial charge in [0.25, 0.3) is 0 Å². The Morgan fingerprint density at radius 1 is 1.50 bits per heavy atom. The van der Waals surface area contributed by atoms with Crippen molar-refractivity contribution in [1.29, 1.82) is 0 Å². The highest BCUT2D eigenvalue weighted by atomic mass is 16.1. The highest BCUT2D eigenvalue weighted by Crippen LogP contribution is 2.28. The Kier molecular flexibility index (Phi) is 2.25. The van der Waals surface area contributed by atoms with E-state index < -0.39 is 0 Å². The van der Waals surface area contributed by atoms with Crippen LogP contribution in [0.1, 0.15) is 18.1 Å². The van der Waals surface area contributed by atoms with Gasteiger partial charge in [-0.15, -0.1) is 0 Å². The van der Waals surface area contributed by atoms with Crippen molar-refractivity contribution in [3.05, 3.63) is 29.3 Å². The molecule has 1 aromatic rings. The highest BCUT2D eigenvalue weighted by Gasteiger charge is 2.20. The molecule has 1 aliphatic carbocycles. The van der Waals surface area contributed by atoms with E-state index in [1.54, 1.807) is 0 Å². The van der Waals surface area contributed by atoms with Gasteiger partial charge in [-0.3, -0.25) is 4.79 Å². The van der Waals surface area contributed by atoms with Crippen molar-refractivity contribution >= 4 is 11.6 Å². The van der Waals surface area contributed by atoms with Gasteiger partial charge in [0.05, 0.1) is 0 Å². The van der Waals surface area contributed by atoms with Crippen LogP contribution in [0.15, 0.2) is 18.2 Å². The third-order valence-electron chi connectivity index (χ3n) is 2.53. The van der Waals surface area contributed by atoms with E-state index >= 15 is 0 Å². The smallest absolute Gasteiger partial charge is 0.221 e. The Morgan fingerprint density at radius 3 is 3.00 bits per heavy atom. The second-order valence-electron chi connectivity index (χ2n) is 3.79. The maximum atomic E-state index is 11.0. The van der Waals surface area contributed by atoms with Crippen molar-refractivity contribution in [2.45, 2.75) is 25.8 Å². The molecule has 0 fully saturated rings. The van der Waals surface area contributed by atoms with Crippen LogP contribution in [0.5, 0.6) is 0 Å². The number of amides is 1. The monoisotopic (exact) mass is 190 g/mol. The number of nitrogens with one attached hydrogen (secondary N) is 1. The van der Waals surface area contributed by atoms with Crippen molar-refractivity contribution in [2.75, 3.05) is 5.32 Å². The summed E-state index contributed by atoms with van der Waals surface area (Å²) in [6.07, 6.45) is 1.79. The molecule has 0 saturated carbocycles. The van der Waals surface area contributed by atoms with E-state index in [9.17, 15) is 4.79 Å². The summed E-state index contributed by atoms with van der Waals surface area (Å²) in [4.78, 5) is 11.0. The maximum Gasteiger partial charge on any atom is 0.221 e. The van der Waals surface area contributed by atoms with Gasteiger partial charge in [-0.2, -0.15) is 0 Å². The largest absolute Gasteiger partial charge is 0.327 e. The standard InChI is InChI=1S/C11H14N2O/c1-7(14)13-11-4-2-3-8-5-9(12)6-10(8)11/h2-4,9H,5-6,12H2,1H3,(H,13,14). The van der Waals surface area contributed by atoms with Crippen LogP contribution in [0.25, 0.3) is 0 Å². The molecule has 0 bridgehead atoms. The Bertz CT molecular complexity index is 374. The molecule has 74 valence electrons. The maximum absolute atomic E-state index is 11.0. The summed E-state index contributed by atoms with van der Waals surface area (Å²) < 4.78 is 0. The van der Waals surface area contributed by atoms with Crippen LogP contribution in [0.2, 0.25) is 0 Å². The zero-order valence-electron chi connectivity index (χ0n) is 8.21.